The summed E-state index contributed by atoms with van der Waals surface area (Å²) in [6, 6.07) is 54.7. The standard InChI is InChI=1S/C42H25NOS/c1-2-11-26(12-3-1)43(38-19-10-18-33-32-17-8-9-20-41(32)45-42(33)38)27-21-22-39-36(23-27)37-24-34-30-15-6-4-13-28(30)29-14-5-7-16-31(29)35(34)25-40(37)44-39/h1-25H. The SMILES string of the molecule is c1ccc(N(c2ccc3oc4cc5c6ccccc6c6ccccc6c5cc4c3c2)c2cccc3c2sc2ccccc23)cc1. The number of rotatable bonds is 3. The van der Waals surface area contributed by atoms with E-state index in [0.29, 0.717) is 0 Å². The molecule has 210 valence electrons. The number of anilines is 3. The van der Waals surface area contributed by atoms with E-state index >= 15 is 0 Å². The molecule has 0 radical (unpaired) electrons. The number of nitrogens with zero attached hydrogens (tertiary/aromatic N) is 1. The third-order valence-corrected chi connectivity index (χ3v) is 10.4. The highest BCUT2D eigenvalue weighted by Crippen LogP contribution is 2.46. The Morgan fingerprint density at radius 1 is 0.378 bits per heavy atom. The fourth-order valence-corrected chi connectivity index (χ4v) is 8.42. The molecule has 3 heteroatoms. The quantitative estimate of drug-likeness (QED) is 0.190. The van der Waals surface area contributed by atoms with Gasteiger partial charge in [0.25, 0.3) is 0 Å². The van der Waals surface area contributed by atoms with Gasteiger partial charge in [-0.1, -0.05) is 97.1 Å². The van der Waals surface area contributed by atoms with Crippen LogP contribution in [0.25, 0.3) is 74.4 Å². The van der Waals surface area contributed by atoms with Gasteiger partial charge in [0, 0.05) is 37.6 Å². The molecule has 2 heterocycles. The van der Waals surface area contributed by atoms with Crippen LogP contribution >= 0.6 is 11.3 Å². The Bertz CT molecular complexity index is 2770. The maximum Gasteiger partial charge on any atom is 0.136 e. The first-order chi connectivity index (χ1) is 22.3. The minimum absolute atomic E-state index is 0.894. The van der Waals surface area contributed by atoms with Crippen molar-refractivity contribution in [1.29, 1.82) is 0 Å². The van der Waals surface area contributed by atoms with Crippen molar-refractivity contribution >= 4 is 103 Å². The molecule has 0 atom stereocenters. The Balaban J connectivity index is 1.26. The molecule has 0 saturated heterocycles. The van der Waals surface area contributed by atoms with Crippen molar-refractivity contribution in [2.75, 3.05) is 4.90 Å². The molecule has 0 N–H and O–H groups in total. The summed E-state index contributed by atoms with van der Waals surface area (Å²) in [5, 5.41) is 12.4. The topological polar surface area (TPSA) is 16.4 Å². The van der Waals surface area contributed by atoms with Gasteiger partial charge in [-0.05, 0) is 86.9 Å². The van der Waals surface area contributed by atoms with Crippen molar-refractivity contribution in [2.45, 2.75) is 0 Å². The molecule has 0 spiro atoms. The van der Waals surface area contributed by atoms with Gasteiger partial charge < -0.3 is 9.32 Å². The Labute approximate surface area is 263 Å². The fraction of sp³-hybridized carbons (Fsp3) is 0. The normalized spacial score (nSPS) is 12.0. The first kappa shape index (κ1) is 24.8. The van der Waals surface area contributed by atoms with Crippen molar-refractivity contribution in [2.24, 2.45) is 0 Å². The van der Waals surface area contributed by atoms with Crippen LogP contribution in [0, 0.1) is 0 Å². The third kappa shape index (κ3) is 3.62. The van der Waals surface area contributed by atoms with Gasteiger partial charge in [0.05, 0.1) is 10.4 Å². The molecule has 0 aliphatic carbocycles. The molecule has 0 unspecified atom stereocenters. The summed E-state index contributed by atoms with van der Waals surface area (Å²) < 4.78 is 9.14. The van der Waals surface area contributed by atoms with Crippen LogP contribution in [0.15, 0.2) is 156 Å². The number of furan rings is 1. The third-order valence-electron chi connectivity index (χ3n) is 9.21. The van der Waals surface area contributed by atoms with E-state index in [4.69, 9.17) is 4.42 Å². The van der Waals surface area contributed by atoms with Crippen molar-refractivity contribution in [3.05, 3.63) is 152 Å². The molecule has 0 bridgehead atoms. The molecular weight excluding hydrogens is 567 g/mol. The minimum Gasteiger partial charge on any atom is -0.456 e. The highest BCUT2D eigenvalue weighted by atomic mass is 32.1. The molecule has 2 aromatic heterocycles. The van der Waals surface area contributed by atoms with Gasteiger partial charge in [0.2, 0.25) is 0 Å². The average Bonchev–Trinajstić information content (AvgIpc) is 3.66. The summed E-state index contributed by atoms with van der Waals surface area (Å²) in [5.74, 6) is 0. The van der Waals surface area contributed by atoms with E-state index < -0.39 is 0 Å². The van der Waals surface area contributed by atoms with E-state index in [1.165, 1.54) is 58.2 Å². The highest BCUT2D eigenvalue weighted by Gasteiger charge is 2.20. The maximum atomic E-state index is 6.56. The molecular formula is C42H25NOS. The lowest BCUT2D eigenvalue weighted by Crippen LogP contribution is -2.09. The van der Waals surface area contributed by atoms with Gasteiger partial charge in [0.15, 0.2) is 0 Å². The van der Waals surface area contributed by atoms with Crippen LogP contribution in [0.5, 0.6) is 0 Å². The number of hydrogen-bond acceptors (Lipinski definition) is 3. The van der Waals surface area contributed by atoms with Gasteiger partial charge in [-0.15, -0.1) is 11.3 Å². The molecule has 0 saturated carbocycles. The molecule has 0 aliphatic heterocycles. The summed E-state index contributed by atoms with van der Waals surface area (Å²) in [5.41, 5.74) is 5.20. The number of benzene rings is 8. The molecule has 2 nitrogen and oxygen atoms in total. The van der Waals surface area contributed by atoms with Gasteiger partial charge in [-0.3, -0.25) is 0 Å². The van der Waals surface area contributed by atoms with Crippen molar-refractivity contribution < 1.29 is 4.42 Å². The largest absolute Gasteiger partial charge is 0.456 e. The smallest absolute Gasteiger partial charge is 0.136 e. The molecule has 0 aliphatic rings. The number of thiophene rings is 1. The zero-order valence-electron chi connectivity index (χ0n) is 24.2. The van der Waals surface area contributed by atoms with Crippen LogP contribution in [0.2, 0.25) is 0 Å². The Hall–Kier alpha value is -5.64. The second-order valence-corrected chi connectivity index (χ2v) is 12.7. The van der Waals surface area contributed by atoms with Crippen LogP contribution in [0.3, 0.4) is 0 Å². The van der Waals surface area contributed by atoms with E-state index in [0.717, 1.165) is 33.3 Å². The Morgan fingerprint density at radius 3 is 1.73 bits per heavy atom. The predicted molar refractivity (Wildman–Crippen MR) is 194 cm³/mol. The number of fused-ring (bicyclic) bond motifs is 12. The monoisotopic (exact) mass is 591 g/mol. The Kier molecular flexibility index (Phi) is 5.19. The van der Waals surface area contributed by atoms with Gasteiger partial charge in [-0.2, -0.15) is 0 Å². The Morgan fingerprint density at radius 2 is 0.978 bits per heavy atom. The molecule has 0 amide bonds. The second-order valence-electron chi connectivity index (χ2n) is 11.7. The van der Waals surface area contributed by atoms with Crippen LogP contribution in [-0.4, -0.2) is 0 Å². The molecule has 0 fully saturated rings. The van der Waals surface area contributed by atoms with E-state index in [2.05, 4.69) is 157 Å². The van der Waals surface area contributed by atoms with E-state index in [1.807, 2.05) is 11.3 Å². The summed E-state index contributed by atoms with van der Waals surface area (Å²) in [4.78, 5) is 2.39. The molecule has 45 heavy (non-hydrogen) atoms. The van der Waals surface area contributed by atoms with Gasteiger partial charge >= 0.3 is 0 Å². The predicted octanol–water partition coefficient (Wildman–Crippen LogP) is 12.9. The van der Waals surface area contributed by atoms with Crippen LogP contribution in [0.1, 0.15) is 0 Å². The first-order valence-corrected chi connectivity index (χ1v) is 16.1. The van der Waals surface area contributed by atoms with Gasteiger partial charge in [0.1, 0.15) is 11.2 Å². The van der Waals surface area contributed by atoms with E-state index in [1.54, 1.807) is 0 Å². The lowest BCUT2D eigenvalue weighted by Gasteiger charge is -2.26. The minimum atomic E-state index is 0.894. The zero-order valence-corrected chi connectivity index (χ0v) is 25.0. The first-order valence-electron chi connectivity index (χ1n) is 15.3. The van der Waals surface area contributed by atoms with Crippen LogP contribution < -0.4 is 4.90 Å². The van der Waals surface area contributed by atoms with Crippen molar-refractivity contribution in [3.63, 3.8) is 0 Å². The van der Waals surface area contributed by atoms with E-state index in [9.17, 15) is 0 Å². The van der Waals surface area contributed by atoms with Gasteiger partial charge in [-0.25, -0.2) is 0 Å². The van der Waals surface area contributed by atoms with Crippen molar-refractivity contribution in [3.8, 4) is 0 Å². The second kappa shape index (κ2) is 9.43. The molecule has 10 aromatic rings. The average molecular weight is 592 g/mol. The van der Waals surface area contributed by atoms with Crippen LogP contribution in [0.4, 0.5) is 17.1 Å². The maximum absolute atomic E-state index is 6.56. The number of para-hydroxylation sites is 1. The summed E-state index contributed by atoms with van der Waals surface area (Å²) in [6.07, 6.45) is 0. The lowest BCUT2D eigenvalue weighted by atomic mass is 9.93. The summed E-state index contributed by atoms with van der Waals surface area (Å²) >= 11 is 1.86. The highest BCUT2D eigenvalue weighted by molar-refractivity contribution is 7.26. The zero-order chi connectivity index (χ0) is 29.5. The van der Waals surface area contributed by atoms with Crippen LogP contribution in [-0.2, 0) is 0 Å². The van der Waals surface area contributed by atoms with Crippen molar-refractivity contribution in [1.82, 2.24) is 0 Å². The summed E-state index contributed by atoms with van der Waals surface area (Å²) in [6.45, 7) is 0. The molecule has 10 rings (SSSR count). The summed E-state index contributed by atoms with van der Waals surface area (Å²) in [7, 11) is 0. The number of hydrogen-bond donors (Lipinski definition) is 0. The molecule has 8 aromatic carbocycles. The lowest BCUT2D eigenvalue weighted by molar-refractivity contribution is 0.669. The van der Waals surface area contributed by atoms with E-state index in [-0.39, 0.29) is 0 Å². The fourth-order valence-electron chi connectivity index (χ4n) is 7.21.